The molecule has 0 aliphatic rings. The van der Waals surface area contributed by atoms with Crippen molar-refractivity contribution in [3.8, 4) is 11.2 Å². The first kappa shape index (κ1) is 10.9. The summed E-state index contributed by atoms with van der Waals surface area (Å²) in [6, 6.07) is 0. The lowest BCUT2D eigenvalue weighted by Gasteiger charge is -2.39. The highest BCUT2D eigenvalue weighted by atomic mass is 32.3. The van der Waals surface area contributed by atoms with E-state index in [1.165, 1.54) is 0 Å². The highest BCUT2D eigenvalue weighted by Crippen LogP contribution is 2.51. The largest absolute Gasteiger partial charge is 0.320 e. The molecule has 0 amide bonds. The van der Waals surface area contributed by atoms with Crippen LogP contribution in [-0.4, -0.2) is 23.8 Å². The smallest absolute Gasteiger partial charge is 0.0559 e. The molecule has 0 unspecified atom stereocenters. The highest BCUT2D eigenvalue weighted by molar-refractivity contribution is 8.37. The minimum absolute atomic E-state index is 0.301. The van der Waals surface area contributed by atoms with E-state index in [0.717, 1.165) is 0 Å². The Labute approximate surface area is 72.1 Å². The summed E-state index contributed by atoms with van der Waals surface area (Å²) in [5.74, 6) is 2.96. The molecule has 0 fully saturated rings. The van der Waals surface area contributed by atoms with E-state index in [0.29, 0.717) is 11.3 Å². The van der Waals surface area contributed by atoms with Crippen LogP contribution in [0.25, 0.3) is 0 Å². The molecule has 0 radical (unpaired) electrons. The summed E-state index contributed by atoms with van der Waals surface area (Å²) < 4.78 is 0.301. The molecule has 0 aromatic carbocycles. The summed E-state index contributed by atoms with van der Waals surface area (Å²) in [4.78, 5) is 0. The van der Waals surface area contributed by atoms with Gasteiger partial charge in [-0.25, -0.2) is 0 Å². The topological polar surface area (TPSA) is 26.0 Å². The molecule has 11 heavy (non-hydrogen) atoms. The molecule has 0 aliphatic heterocycles. The Kier molecular flexibility index (Phi) is 3.47. The lowest BCUT2D eigenvalue weighted by Crippen LogP contribution is -2.21. The van der Waals surface area contributed by atoms with Gasteiger partial charge in [-0.2, -0.15) is 10.0 Å². The van der Waals surface area contributed by atoms with Gasteiger partial charge in [0.25, 0.3) is 0 Å². The van der Waals surface area contributed by atoms with Crippen LogP contribution in [0.15, 0.2) is 0 Å². The predicted octanol–water partition coefficient (Wildman–Crippen LogP) is 1.77. The fraction of sp³-hybridized carbons (Fsp3) is 0.778. The van der Waals surface area contributed by atoms with Crippen LogP contribution in [0.4, 0.5) is 0 Å². The molecule has 0 aromatic heterocycles. The highest BCUT2D eigenvalue weighted by Gasteiger charge is 2.25. The SMILES string of the molecule is CC(C)(C)S(C)(C)C#CCN. The second kappa shape index (κ2) is 3.51. The van der Waals surface area contributed by atoms with Crippen molar-refractivity contribution in [2.45, 2.75) is 25.5 Å². The van der Waals surface area contributed by atoms with Crippen molar-refractivity contribution in [1.82, 2.24) is 0 Å². The number of hydrogen-bond donors (Lipinski definition) is 1. The van der Waals surface area contributed by atoms with Crippen molar-refractivity contribution >= 4 is 10.0 Å². The third-order valence-corrected chi connectivity index (χ3v) is 5.68. The first-order chi connectivity index (χ1) is 4.81. The van der Waals surface area contributed by atoms with Crippen LogP contribution in [0.1, 0.15) is 20.8 Å². The van der Waals surface area contributed by atoms with E-state index in [1.807, 2.05) is 0 Å². The molecule has 0 heterocycles. The second-order valence-electron chi connectivity index (χ2n) is 3.92. The van der Waals surface area contributed by atoms with Crippen LogP contribution in [0.2, 0.25) is 0 Å². The summed E-state index contributed by atoms with van der Waals surface area (Å²) in [5, 5.41) is 3.26. The molecule has 2 heteroatoms. The monoisotopic (exact) mass is 173 g/mol. The van der Waals surface area contributed by atoms with Gasteiger partial charge in [0.2, 0.25) is 0 Å². The van der Waals surface area contributed by atoms with Crippen molar-refractivity contribution < 1.29 is 0 Å². The average Bonchev–Trinajstić information content (AvgIpc) is 1.81. The van der Waals surface area contributed by atoms with Gasteiger partial charge >= 0.3 is 0 Å². The summed E-state index contributed by atoms with van der Waals surface area (Å²) >= 11 is 0. The van der Waals surface area contributed by atoms with Gasteiger partial charge < -0.3 is 5.73 Å². The van der Waals surface area contributed by atoms with Gasteiger partial charge in [0.1, 0.15) is 0 Å². The van der Waals surface area contributed by atoms with E-state index in [4.69, 9.17) is 5.73 Å². The van der Waals surface area contributed by atoms with Gasteiger partial charge in [0, 0.05) is 4.75 Å². The molecule has 66 valence electrons. The zero-order chi connectivity index (χ0) is 9.12. The number of rotatable bonds is 0. The van der Waals surface area contributed by atoms with Crippen molar-refractivity contribution in [2.75, 3.05) is 19.1 Å². The van der Waals surface area contributed by atoms with Gasteiger partial charge in [0.15, 0.2) is 0 Å². The Morgan fingerprint density at radius 2 is 1.73 bits per heavy atom. The fourth-order valence-electron chi connectivity index (χ4n) is 0.375. The van der Waals surface area contributed by atoms with E-state index in [1.54, 1.807) is 0 Å². The fourth-order valence-corrected chi connectivity index (χ4v) is 1.13. The van der Waals surface area contributed by atoms with E-state index in [-0.39, 0.29) is 0 Å². The van der Waals surface area contributed by atoms with E-state index < -0.39 is 10.0 Å². The molecule has 0 rings (SSSR count). The van der Waals surface area contributed by atoms with Crippen LogP contribution in [0.5, 0.6) is 0 Å². The van der Waals surface area contributed by atoms with Gasteiger partial charge in [-0.15, -0.1) is 0 Å². The molecule has 0 spiro atoms. The lowest BCUT2D eigenvalue weighted by molar-refractivity contribution is 0.794. The van der Waals surface area contributed by atoms with Gasteiger partial charge in [-0.05, 0) is 12.5 Å². The van der Waals surface area contributed by atoms with E-state index in [9.17, 15) is 0 Å². The van der Waals surface area contributed by atoms with Crippen LogP contribution < -0.4 is 5.73 Å². The van der Waals surface area contributed by atoms with Crippen molar-refractivity contribution in [1.29, 1.82) is 0 Å². The van der Waals surface area contributed by atoms with E-state index >= 15 is 0 Å². The summed E-state index contributed by atoms with van der Waals surface area (Å²) in [5.41, 5.74) is 5.32. The minimum Gasteiger partial charge on any atom is -0.320 e. The molecular weight excluding hydrogens is 154 g/mol. The van der Waals surface area contributed by atoms with Crippen molar-refractivity contribution in [3.63, 3.8) is 0 Å². The van der Waals surface area contributed by atoms with Gasteiger partial charge in [0.05, 0.1) is 6.54 Å². The zero-order valence-electron chi connectivity index (χ0n) is 8.19. The summed E-state index contributed by atoms with van der Waals surface area (Å²) in [7, 11) is -0.801. The molecule has 0 saturated heterocycles. The average molecular weight is 173 g/mol. The summed E-state index contributed by atoms with van der Waals surface area (Å²) in [6.45, 7) is 7.17. The Morgan fingerprint density at radius 1 is 1.27 bits per heavy atom. The van der Waals surface area contributed by atoms with Crippen LogP contribution in [-0.2, 0) is 0 Å². The van der Waals surface area contributed by atoms with Crippen LogP contribution in [0.3, 0.4) is 0 Å². The molecule has 0 aliphatic carbocycles. The van der Waals surface area contributed by atoms with Gasteiger partial charge in [-0.1, -0.05) is 31.9 Å². The van der Waals surface area contributed by atoms with Crippen LogP contribution in [0, 0.1) is 11.2 Å². The molecule has 0 aromatic rings. The maximum absolute atomic E-state index is 5.32. The second-order valence-corrected chi connectivity index (χ2v) is 8.00. The Bertz CT molecular complexity index is 178. The lowest BCUT2D eigenvalue weighted by atomic mass is 10.3. The minimum atomic E-state index is -0.801. The molecule has 0 bridgehead atoms. The zero-order valence-corrected chi connectivity index (χ0v) is 9.01. The quantitative estimate of drug-likeness (QED) is 0.555. The van der Waals surface area contributed by atoms with Crippen LogP contribution >= 0.6 is 10.0 Å². The number of hydrogen-bond acceptors (Lipinski definition) is 1. The summed E-state index contributed by atoms with van der Waals surface area (Å²) in [6.07, 6.45) is 4.46. The standard InChI is InChI=1S/C9H19NS/c1-9(2,3)11(4,5)8-6-7-10/h7,10H2,1-5H3. The van der Waals surface area contributed by atoms with Crippen molar-refractivity contribution in [3.05, 3.63) is 0 Å². The van der Waals surface area contributed by atoms with Crippen molar-refractivity contribution in [2.24, 2.45) is 5.73 Å². The first-order valence-corrected chi connectivity index (χ1v) is 6.19. The number of nitrogens with two attached hydrogens (primary N) is 1. The Balaban J connectivity index is 4.47. The van der Waals surface area contributed by atoms with Gasteiger partial charge in [-0.3, -0.25) is 0 Å². The maximum Gasteiger partial charge on any atom is 0.0559 e. The maximum atomic E-state index is 5.32. The van der Waals surface area contributed by atoms with E-state index in [2.05, 4.69) is 44.5 Å². The molecule has 0 saturated carbocycles. The molecule has 0 atom stereocenters. The third-order valence-electron chi connectivity index (χ3n) is 1.96. The normalized spacial score (nSPS) is 13.6. The Hall–Kier alpha value is -0.130. The molecule has 1 nitrogen and oxygen atoms in total. The Morgan fingerprint density at radius 3 is 2.00 bits per heavy atom. The molecule has 2 N–H and O–H groups in total. The third kappa shape index (κ3) is 3.18. The first-order valence-electron chi connectivity index (χ1n) is 3.74. The molecular formula is C9H19NS. The predicted molar refractivity (Wildman–Crippen MR) is 56.0 cm³/mol.